The Morgan fingerprint density at radius 1 is 1.43 bits per heavy atom. The SMILES string of the molecule is Cc1ccc(C(C)(O)CNC2C3CCOC3C23CCC3)o1. The first-order valence-electron chi connectivity index (χ1n) is 8.17. The van der Waals surface area contributed by atoms with Crippen LogP contribution in [0.15, 0.2) is 16.5 Å². The molecule has 2 N–H and O–H groups in total. The summed E-state index contributed by atoms with van der Waals surface area (Å²) in [5, 5.41) is 14.3. The van der Waals surface area contributed by atoms with E-state index < -0.39 is 5.60 Å². The topological polar surface area (TPSA) is 54.6 Å². The molecule has 2 aliphatic carbocycles. The van der Waals surface area contributed by atoms with Gasteiger partial charge in [-0.1, -0.05) is 6.42 Å². The lowest BCUT2D eigenvalue weighted by Gasteiger charge is -2.63. The molecule has 3 fully saturated rings. The molecular formula is C17H25NO3. The minimum absolute atomic E-state index is 0.357. The molecule has 1 aromatic heterocycles. The van der Waals surface area contributed by atoms with Crippen molar-refractivity contribution in [2.24, 2.45) is 11.3 Å². The summed E-state index contributed by atoms with van der Waals surface area (Å²) in [4.78, 5) is 0. The first kappa shape index (κ1) is 13.8. The first-order chi connectivity index (χ1) is 10.0. The lowest BCUT2D eigenvalue weighted by molar-refractivity contribution is -0.179. The largest absolute Gasteiger partial charge is 0.463 e. The Morgan fingerprint density at radius 2 is 2.24 bits per heavy atom. The van der Waals surface area contributed by atoms with E-state index in [4.69, 9.17) is 9.15 Å². The number of hydrogen-bond donors (Lipinski definition) is 2. The zero-order chi connectivity index (χ0) is 14.7. The van der Waals surface area contributed by atoms with Crippen molar-refractivity contribution in [1.29, 1.82) is 0 Å². The number of furan rings is 1. The summed E-state index contributed by atoms with van der Waals surface area (Å²) in [6, 6.07) is 4.28. The summed E-state index contributed by atoms with van der Waals surface area (Å²) < 4.78 is 11.5. The Bertz CT molecular complexity index is 532. The van der Waals surface area contributed by atoms with Crippen molar-refractivity contribution in [2.75, 3.05) is 13.2 Å². The average Bonchev–Trinajstić information content (AvgIpc) is 2.96. The molecule has 4 heteroatoms. The third kappa shape index (κ3) is 1.92. The van der Waals surface area contributed by atoms with E-state index in [1.165, 1.54) is 19.3 Å². The summed E-state index contributed by atoms with van der Waals surface area (Å²) >= 11 is 0. The molecule has 2 saturated carbocycles. The van der Waals surface area contributed by atoms with Crippen LogP contribution in [-0.2, 0) is 10.3 Å². The molecule has 1 aromatic rings. The summed E-state index contributed by atoms with van der Waals surface area (Å²) in [6.45, 7) is 5.17. The highest BCUT2D eigenvalue weighted by Gasteiger charge is 2.66. The molecule has 0 radical (unpaired) electrons. The van der Waals surface area contributed by atoms with Gasteiger partial charge in [-0.05, 0) is 45.2 Å². The van der Waals surface area contributed by atoms with Gasteiger partial charge in [-0.3, -0.25) is 0 Å². The number of nitrogens with one attached hydrogen (secondary N) is 1. The minimum Gasteiger partial charge on any atom is -0.463 e. The highest BCUT2D eigenvalue weighted by Crippen LogP contribution is 2.62. The van der Waals surface area contributed by atoms with Gasteiger partial charge < -0.3 is 19.6 Å². The minimum atomic E-state index is -0.955. The number of aryl methyl sites for hydroxylation is 1. The van der Waals surface area contributed by atoms with Crippen molar-refractivity contribution >= 4 is 0 Å². The molecule has 0 aromatic carbocycles. The van der Waals surface area contributed by atoms with Crippen LogP contribution >= 0.6 is 0 Å². The summed E-state index contributed by atoms with van der Waals surface area (Å²) in [5.41, 5.74) is -0.597. The van der Waals surface area contributed by atoms with E-state index in [0.29, 0.717) is 35.8 Å². The predicted octanol–water partition coefficient (Wildman–Crippen LogP) is 2.34. The van der Waals surface area contributed by atoms with Gasteiger partial charge >= 0.3 is 0 Å². The number of aliphatic hydroxyl groups is 1. The van der Waals surface area contributed by atoms with Gasteiger partial charge in [0.05, 0.1) is 6.10 Å². The molecule has 2 heterocycles. The van der Waals surface area contributed by atoms with E-state index in [-0.39, 0.29) is 0 Å². The molecule has 4 atom stereocenters. The van der Waals surface area contributed by atoms with Crippen LogP contribution in [0, 0.1) is 18.3 Å². The Morgan fingerprint density at radius 3 is 2.86 bits per heavy atom. The first-order valence-corrected chi connectivity index (χ1v) is 8.17. The zero-order valence-corrected chi connectivity index (χ0v) is 12.9. The summed E-state index contributed by atoms with van der Waals surface area (Å²) in [5.74, 6) is 2.13. The number of hydrogen-bond acceptors (Lipinski definition) is 4. The molecule has 1 spiro atoms. The molecule has 116 valence electrons. The fourth-order valence-corrected chi connectivity index (χ4v) is 4.68. The van der Waals surface area contributed by atoms with Crippen molar-refractivity contribution in [3.05, 3.63) is 23.7 Å². The van der Waals surface area contributed by atoms with Gasteiger partial charge in [-0.25, -0.2) is 0 Å². The van der Waals surface area contributed by atoms with Gasteiger partial charge in [0.25, 0.3) is 0 Å². The maximum atomic E-state index is 10.7. The maximum Gasteiger partial charge on any atom is 0.136 e. The van der Waals surface area contributed by atoms with Gasteiger partial charge in [0.2, 0.25) is 0 Å². The Hall–Kier alpha value is -0.840. The van der Waals surface area contributed by atoms with Crippen molar-refractivity contribution in [3.63, 3.8) is 0 Å². The molecule has 21 heavy (non-hydrogen) atoms. The maximum absolute atomic E-state index is 10.7. The third-order valence-electron chi connectivity index (χ3n) is 5.97. The van der Waals surface area contributed by atoms with Crippen LogP contribution in [0.5, 0.6) is 0 Å². The standard InChI is InChI=1S/C17H25NO3/c1-11-4-5-13(21-11)16(2,19)10-18-14-12-6-9-20-15(12)17(14)7-3-8-17/h4-5,12,14-15,18-19H,3,6-10H2,1-2H3. The molecular weight excluding hydrogens is 266 g/mol. The third-order valence-corrected chi connectivity index (χ3v) is 5.97. The van der Waals surface area contributed by atoms with Crippen LogP contribution in [0.4, 0.5) is 0 Å². The van der Waals surface area contributed by atoms with Crippen molar-refractivity contribution in [2.45, 2.75) is 57.3 Å². The Labute approximate surface area is 125 Å². The Kier molecular flexibility index (Phi) is 3.01. The van der Waals surface area contributed by atoms with Crippen LogP contribution < -0.4 is 5.32 Å². The van der Waals surface area contributed by atoms with Gasteiger partial charge in [0.15, 0.2) is 0 Å². The van der Waals surface area contributed by atoms with E-state index in [0.717, 1.165) is 18.8 Å². The zero-order valence-electron chi connectivity index (χ0n) is 12.9. The highest BCUT2D eigenvalue weighted by molar-refractivity contribution is 5.19. The summed E-state index contributed by atoms with van der Waals surface area (Å²) in [6.07, 6.45) is 5.49. The molecule has 0 amide bonds. The molecule has 1 saturated heterocycles. The number of ether oxygens (including phenoxy) is 1. The van der Waals surface area contributed by atoms with E-state index >= 15 is 0 Å². The van der Waals surface area contributed by atoms with Crippen LogP contribution in [-0.4, -0.2) is 30.4 Å². The van der Waals surface area contributed by atoms with Gasteiger partial charge in [0, 0.05) is 30.5 Å². The second-order valence-corrected chi connectivity index (χ2v) is 7.37. The predicted molar refractivity (Wildman–Crippen MR) is 78.9 cm³/mol. The second kappa shape index (κ2) is 4.58. The molecule has 4 unspecified atom stereocenters. The monoisotopic (exact) mass is 291 g/mol. The van der Waals surface area contributed by atoms with Gasteiger partial charge in [0.1, 0.15) is 17.1 Å². The Balaban J connectivity index is 1.44. The lowest BCUT2D eigenvalue weighted by atomic mass is 9.46. The van der Waals surface area contributed by atoms with Crippen LogP contribution in [0.25, 0.3) is 0 Å². The number of fused-ring (bicyclic) bond motifs is 2. The fourth-order valence-electron chi connectivity index (χ4n) is 4.68. The fraction of sp³-hybridized carbons (Fsp3) is 0.765. The van der Waals surface area contributed by atoms with Crippen molar-refractivity contribution in [1.82, 2.24) is 5.32 Å². The number of rotatable bonds is 4. The molecule has 1 aliphatic heterocycles. The molecule has 4 rings (SSSR count). The normalized spacial score (nSPS) is 35.9. The van der Waals surface area contributed by atoms with Crippen molar-refractivity contribution in [3.8, 4) is 0 Å². The highest BCUT2D eigenvalue weighted by atomic mass is 16.5. The quantitative estimate of drug-likeness (QED) is 0.894. The smallest absolute Gasteiger partial charge is 0.136 e. The molecule has 3 aliphatic rings. The van der Waals surface area contributed by atoms with Gasteiger partial charge in [-0.2, -0.15) is 0 Å². The second-order valence-electron chi connectivity index (χ2n) is 7.37. The van der Waals surface area contributed by atoms with E-state index in [1.54, 1.807) is 0 Å². The average molecular weight is 291 g/mol. The molecule has 4 nitrogen and oxygen atoms in total. The lowest BCUT2D eigenvalue weighted by Crippen LogP contribution is -2.71. The van der Waals surface area contributed by atoms with Crippen LogP contribution in [0.2, 0.25) is 0 Å². The van der Waals surface area contributed by atoms with E-state index in [9.17, 15) is 5.11 Å². The van der Waals surface area contributed by atoms with Crippen molar-refractivity contribution < 1.29 is 14.3 Å². The van der Waals surface area contributed by atoms with E-state index in [2.05, 4.69) is 5.32 Å². The van der Waals surface area contributed by atoms with Crippen LogP contribution in [0.3, 0.4) is 0 Å². The van der Waals surface area contributed by atoms with Crippen LogP contribution in [0.1, 0.15) is 44.1 Å². The molecule has 0 bridgehead atoms. The van der Waals surface area contributed by atoms with Gasteiger partial charge in [-0.15, -0.1) is 0 Å². The summed E-state index contributed by atoms with van der Waals surface area (Å²) in [7, 11) is 0. The van der Waals surface area contributed by atoms with E-state index in [1.807, 2.05) is 26.0 Å².